The molecule has 1 aromatic heterocycles. The van der Waals surface area contributed by atoms with Gasteiger partial charge in [-0.25, -0.2) is 9.97 Å². The van der Waals surface area contributed by atoms with Gasteiger partial charge in [-0.05, 0) is 26.2 Å². The first-order valence-electron chi connectivity index (χ1n) is 5.38. The molecule has 1 aromatic rings. The van der Waals surface area contributed by atoms with Crippen LogP contribution in [0.1, 0.15) is 39.2 Å². The highest BCUT2D eigenvalue weighted by Gasteiger charge is 2.20. The fourth-order valence-corrected chi connectivity index (χ4v) is 1.23. The highest BCUT2D eigenvalue weighted by molar-refractivity contribution is 5.37. The summed E-state index contributed by atoms with van der Waals surface area (Å²) in [7, 11) is 0. The molecule has 3 nitrogen and oxygen atoms in total. The molecule has 0 fully saturated rings. The summed E-state index contributed by atoms with van der Waals surface area (Å²) in [5, 5.41) is 3.41. The third-order valence-corrected chi connectivity index (χ3v) is 2.63. The van der Waals surface area contributed by atoms with Crippen molar-refractivity contribution in [1.29, 1.82) is 0 Å². The SMILES string of the molecule is Cc1cc(NC(C)C(C)(C)C)nc(C)n1. The summed E-state index contributed by atoms with van der Waals surface area (Å²) in [5.74, 6) is 1.74. The van der Waals surface area contributed by atoms with Crippen molar-refractivity contribution in [2.24, 2.45) is 5.41 Å². The summed E-state index contributed by atoms with van der Waals surface area (Å²) < 4.78 is 0. The molecular formula is C12H21N3. The molecule has 0 saturated heterocycles. The van der Waals surface area contributed by atoms with Gasteiger partial charge in [0.05, 0.1) is 0 Å². The van der Waals surface area contributed by atoms with Crippen LogP contribution in [0.25, 0.3) is 0 Å². The molecule has 1 N–H and O–H groups in total. The first-order valence-corrected chi connectivity index (χ1v) is 5.38. The summed E-state index contributed by atoms with van der Waals surface area (Å²) in [6.45, 7) is 12.7. The largest absolute Gasteiger partial charge is 0.367 e. The standard InChI is InChI=1S/C12H21N3/c1-8-7-11(15-10(3)13-8)14-9(2)12(4,5)6/h7,9H,1-6H3,(H,13,14,15). The lowest BCUT2D eigenvalue weighted by Crippen LogP contribution is -2.31. The van der Waals surface area contributed by atoms with E-state index in [2.05, 4.69) is 43.0 Å². The van der Waals surface area contributed by atoms with E-state index >= 15 is 0 Å². The molecule has 3 heteroatoms. The molecule has 1 unspecified atom stereocenters. The molecule has 15 heavy (non-hydrogen) atoms. The van der Waals surface area contributed by atoms with Crippen molar-refractivity contribution >= 4 is 5.82 Å². The number of rotatable bonds is 2. The average Bonchev–Trinajstić information content (AvgIpc) is 1.99. The average molecular weight is 207 g/mol. The molecule has 0 aliphatic carbocycles. The number of nitrogens with one attached hydrogen (secondary N) is 1. The zero-order valence-corrected chi connectivity index (χ0v) is 10.5. The first kappa shape index (κ1) is 12.0. The van der Waals surface area contributed by atoms with Crippen molar-refractivity contribution in [2.45, 2.75) is 47.6 Å². The Kier molecular flexibility index (Phi) is 3.32. The highest BCUT2D eigenvalue weighted by Crippen LogP contribution is 2.22. The van der Waals surface area contributed by atoms with Crippen molar-refractivity contribution in [3.63, 3.8) is 0 Å². The Morgan fingerprint density at radius 3 is 2.27 bits per heavy atom. The summed E-state index contributed by atoms with van der Waals surface area (Å²) in [4.78, 5) is 8.62. The van der Waals surface area contributed by atoms with Gasteiger partial charge in [0.25, 0.3) is 0 Å². The van der Waals surface area contributed by atoms with E-state index in [0.29, 0.717) is 6.04 Å². The van der Waals surface area contributed by atoms with E-state index in [1.807, 2.05) is 19.9 Å². The minimum Gasteiger partial charge on any atom is -0.367 e. The number of aryl methyl sites for hydroxylation is 2. The van der Waals surface area contributed by atoms with Gasteiger partial charge in [0, 0.05) is 17.8 Å². The maximum absolute atomic E-state index is 4.37. The van der Waals surface area contributed by atoms with Crippen LogP contribution in [-0.4, -0.2) is 16.0 Å². The monoisotopic (exact) mass is 207 g/mol. The number of hydrogen-bond donors (Lipinski definition) is 1. The normalized spacial score (nSPS) is 13.7. The van der Waals surface area contributed by atoms with Gasteiger partial charge in [-0.2, -0.15) is 0 Å². The number of aromatic nitrogens is 2. The van der Waals surface area contributed by atoms with E-state index in [1.54, 1.807) is 0 Å². The van der Waals surface area contributed by atoms with Crippen molar-refractivity contribution in [2.75, 3.05) is 5.32 Å². The molecule has 84 valence electrons. The Bertz CT molecular complexity index is 319. The van der Waals surface area contributed by atoms with E-state index in [0.717, 1.165) is 17.3 Å². The predicted octanol–water partition coefficient (Wildman–Crippen LogP) is 2.94. The zero-order chi connectivity index (χ0) is 11.6. The first-order chi connectivity index (χ1) is 6.79. The minimum absolute atomic E-state index is 0.229. The van der Waals surface area contributed by atoms with Crippen LogP contribution in [0.4, 0.5) is 5.82 Å². The van der Waals surface area contributed by atoms with Gasteiger partial charge in [-0.1, -0.05) is 20.8 Å². The molecule has 1 rings (SSSR count). The van der Waals surface area contributed by atoms with E-state index in [4.69, 9.17) is 0 Å². The lowest BCUT2D eigenvalue weighted by atomic mass is 9.88. The Labute approximate surface area is 92.3 Å². The summed E-state index contributed by atoms with van der Waals surface area (Å²) in [6, 6.07) is 2.36. The summed E-state index contributed by atoms with van der Waals surface area (Å²) >= 11 is 0. The molecule has 0 aliphatic rings. The van der Waals surface area contributed by atoms with Crippen LogP contribution in [0.5, 0.6) is 0 Å². The van der Waals surface area contributed by atoms with Gasteiger partial charge in [0.1, 0.15) is 11.6 Å². The van der Waals surface area contributed by atoms with Crippen LogP contribution in [0, 0.1) is 19.3 Å². The predicted molar refractivity (Wildman–Crippen MR) is 64.0 cm³/mol. The van der Waals surface area contributed by atoms with Crippen LogP contribution >= 0.6 is 0 Å². The van der Waals surface area contributed by atoms with Crippen LogP contribution in [0.2, 0.25) is 0 Å². The second kappa shape index (κ2) is 4.17. The van der Waals surface area contributed by atoms with Gasteiger partial charge < -0.3 is 5.32 Å². The molecule has 1 heterocycles. The number of anilines is 1. The van der Waals surface area contributed by atoms with Crippen molar-refractivity contribution in [3.8, 4) is 0 Å². The third kappa shape index (κ3) is 3.50. The van der Waals surface area contributed by atoms with Crippen LogP contribution < -0.4 is 5.32 Å². The molecule has 0 bridgehead atoms. The number of nitrogens with zero attached hydrogens (tertiary/aromatic N) is 2. The maximum Gasteiger partial charge on any atom is 0.130 e. The van der Waals surface area contributed by atoms with Gasteiger partial charge in [-0.3, -0.25) is 0 Å². The number of hydrogen-bond acceptors (Lipinski definition) is 3. The summed E-state index contributed by atoms with van der Waals surface area (Å²) in [6.07, 6.45) is 0. The topological polar surface area (TPSA) is 37.8 Å². The molecule has 0 radical (unpaired) electrons. The lowest BCUT2D eigenvalue weighted by molar-refractivity contribution is 0.358. The molecule has 1 atom stereocenters. The van der Waals surface area contributed by atoms with E-state index in [9.17, 15) is 0 Å². The zero-order valence-electron chi connectivity index (χ0n) is 10.5. The van der Waals surface area contributed by atoms with Crippen molar-refractivity contribution < 1.29 is 0 Å². The van der Waals surface area contributed by atoms with Crippen LogP contribution in [0.15, 0.2) is 6.07 Å². The van der Waals surface area contributed by atoms with E-state index in [1.165, 1.54) is 0 Å². The van der Waals surface area contributed by atoms with Gasteiger partial charge in [-0.15, -0.1) is 0 Å². The molecular weight excluding hydrogens is 186 g/mol. The fourth-order valence-electron chi connectivity index (χ4n) is 1.23. The van der Waals surface area contributed by atoms with E-state index in [-0.39, 0.29) is 5.41 Å². The molecule has 0 aliphatic heterocycles. The van der Waals surface area contributed by atoms with E-state index < -0.39 is 0 Å². The Morgan fingerprint density at radius 2 is 1.80 bits per heavy atom. The van der Waals surface area contributed by atoms with Crippen LogP contribution in [-0.2, 0) is 0 Å². The highest BCUT2D eigenvalue weighted by atomic mass is 15.0. The molecule has 0 amide bonds. The molecule has 0 saturated carbocycles. The van der Waals surface area contributed by atoms with Crippen LogP contribution in [0.3, 0.4) is 0 Å². The summed E-state index contributed by atoms with van der Waals surface area (Å²) in [5.41, 5.74) is 1.23. The Hall–Kier alpha value is -1.12. The Morgan fingerprint density at radius 1 is 1.20 bits per heavy atom. The second-order valence-electron chi connectivity index (χ2n) is 5.17. The molecule has 0 aromatic carbocycles. The minimum atomic E-state index is 0.229. The van der Waals surface area contributed by atoms with Gasteiger partial charge >= 0.3 is 0 Å². The fraction of sp³-hybridized carbons (Fsp3) is 0.667. The van der Waals surface area contributed by atoms with Crippen molar-refractivity contribution in [3.05, 3.63) is 17.6 Å². The molecule has 0 spiro atoms. The smallest absolute Gasteiger partial charge is 0.130 e. The third-order valence-electron chi connectivity index (χ3n) is 2.63. The second-order valence-corrected chi connectivity index (χ2v) is 5.17. The lowest BCUT2D eigenvalue weighted by Gasteiger charge is -2.28. The Balaban J connectivity index is 2.81. The van der Waals surface area contributed by atoms with Gasteiger partial charge in [0.15, 0.2) is 0 Å². The van der Waals surface area contributed by atoms with Gasteiger partial charge in [0.2, 0.25) is 0 Å². The quantitative estimate of drug-likeness (QED) is 0.810. The maximum atomic E-state index is 4.37. The van der Waals surface area contributed by atoms with Crippen molar-refractivity contribution in [1.82, 2.24) is 9.97 Å².